The number of anilines is 2. The molecule has 0 radical (unpaired) electrons. The van der Waals surface area contributed by atoms with Crippen LogP contribution in [0.3, 0.4) is 0 Å². The van der Waals surface area contributed by atoms with Gasteiger partial charge in [-0.3, -0.25) is 41.4 Å². The summed E-state index contributed by atoms with van der Waals surface area (Å²) in [6.45, 7) is 0. The third-order valence-corrected chi connectivity index (χ3v) is 4.52. The molecule has 0 unspecified atom stereocenters. The van der Waals surface area contributed by atoms with Gasteiger partial charge in [0, 0.05) is 4.47 Å². The molecule has 2 amide bonds. The smallest absolute Gasteiger partial charge is 0.276 e. The quantitative estimate of drug-likeness (QED) is 0.292. The van der Waals surface area contributed by atoms with Crippen LogP contribution in [0.15, 0.2) is 59.3 Å². The average molecular weight is 490 g/mol. The summed E-state index contributed by atoms with van der Waals surface area (Å²) in [6.07, 6.45) is 0.970. The maximum atomic E-state index is 13.7. The summed E-state index contributed by atoms with van der Waals surface area (Å²) in [5.74, 6) is -2.95. The lowest BCUT2D eigenvalue weighted by Gasteiger charge is -2.12. The SMILES string of the molecule is O=C(NNc1ncnc(NNC(=O)c2ccccc2Br)c1[N+](=O)[O-])c1ccccc1F. The topological polar surface area (TPSA) is 151 Å². The van der Waals surface area contributed by atoms with Crippen LogP contribution < -0.4 is 21.7 Å². The second-order valence-electron chi connectivity index (χ2n) is 5.79. The van der Waals surface area contributed by atoms with Gasteiger partial charge in [0.15, 0.2) is 0 Å². The van der Waals surface area contributed by atoms with Crippen molar-refractivity contribution in [3.8, 4) is 0 Å². The van der Waals surface area contributed by atoms with Gasteiger partial charge in [0.25, 0.3) is 11.8 Å². The summed E-state index contributed by atoms with van der Waals surface area (Å²) in [5.41, 5.74) is 8.41. The zero-order valence-electron chi connectivity index (χ0n) is 15.4. The van der Waals surface area contributed by atoms with Gasteiger partial charge in [0.2, 0.25) is 11.6 Å². The Hall–Kier alpha value is -4.13. The lowest BCUT2D eigenvalue weighted by molar-refractivity contribution is -0.383. The van der Waals surface area contributed by atoms with Gasteiger partial charge in [-0.1, -0.05) is 24.3 Å². The van der Waals surface area contributed by atoms with E-state index in [2.05, 4.69) is 47.6 Å². The van der Waals surface area contributed by atoms with Gasteiger partial charge >= 0.3 is 5.69 Å². The fraction of sp³-hybridized carbons (Fsp3) is 0. The molecule has 1 aromatic heterocycles. The highest BCUT2D eigenvalue weighted by atomic mass is 79.9. The molecule has 11 nitrogen and oxygen atoms in total. The number of nitrogens with zero attached hydrogens (tertiary/aromatic N) is 3. The van der Waals surface area contributed by atoms with E-state index in [1.54, 1.807) is 24.3 Å². The second kappa shape index (κ2) is 9.58. The number of rotatable bonds is 7. The molecule has 3 aromatic rings. The van der Waals surface area contributed by atoms with Crippen molar-refractivity contribution < 1.29 is 18.9 Å². The maximum absolute atomic E-state index is 13.7. The molecule has 13 heteroatoms. The minimum Gasteiger partial charge on any atom is -0.276 e. The summed E-state index contributed by atoms with van der Waals surface area (Å²) < 4.78 is 14.2. The Morgan fingerprint density at radius 2 is 1.42 bits per heavy atom. The van der Waals surface area contributed by atoms with Crippen molar-refractivity contribution in [3.05, 3.63) is 86.4 Å². The molecule has 1 heterocycles. The fourth-order valence-electron chi connectivity index (χ4n) is 2.39. The van der Waals surface area contributed by atoms with Crippen LogP contribution in [0.5, 0.6) is 0 Å². The summed E-state index contributed by atoms with van der Waals surface area (Å²) in [7, 11) is 0. The third kappa shape index (κ3) is 5.08. The Morgan fingerprint density at radius 3 is 1.97 bits per heavy atom. The van der Waals surface area contributed by atoms with Gasteiger partial charge in [-0.15, -0.1) is 0 Å². The number of hydrogen-bond donors (Lipinski definition) is 4. The molecule has 31 heavy (non-hydrogen) atoms. The van der Waals surface area contributed by atoms with E-state index in [1.807, 2.05) is 0 Å². The number of hydrogen-bond acceptors (Lipinski definition) is 8. The minimum absolute atomic E-state index is 0.272. The lowest BCUT2D eigenvalue weighted by atomic mass is 10.2. The van der Waals surface area contributed by atoms with E-state index in [9.17, 15) is 24.1 Å². The fourth-order valence-corrected chi connectivity index (χ4v) is 2.86. The van der Waals surface area contributed by atoms with Crippen molar-refractivity contribution in [2.45, 2.75) is 0 Å². The third-order valence-electron chi connectivity index (χ3n) is 3.83. The molecular formula is C18H13BrFN7O4. The number of benzene rings is 2. The summed E-state index contributed by atoms with van der Waals surface area (Å²) in [5, 5.41) is 11.5. The first-order valence-corrected chi connectivity index (χ1v) is 9.29. The van der Waals surface area contributed by atoms with Crippen LogP contribution >= 0.6 is 15.9 Å². The Kier molecular flexibility index (Phi) is 6.67. The van der Waals surface area contributed by atoms with Crippen LogP contribution in [0.25, 0.3) is 0 Å². The number of hydrazine groups is 2. The van der Waals surface area contributed by atoms with Gasteiger partial charge in [0.05, 0.1) is 16.1 Å². The monoisotopic (exact) mass is 489 g/mol. The number of nitro groups is 1. The van der Waals surface area contributed by atoms with Crippen LogP contribution in [0.4, 0.5) is 21.7 Å². The van der Waals surface area contributed by atoms with Crippen LogP contribution in [0, 0.1) is 15.9 Å². The molecule has 0 aliphatic carbocycles. The van der Waals surface area contributed by atoms with Crippen molar-refractivity contribution in [1.82, 2.24) is 20.8 Å². The van der Waals surface area contributed by atoms with Gasteiger partial charge in [-0.2, -0.15) is 0 Å². The zero-order chi connectivity index (χ0) is 22.4. The normalized spacial score (nSPS) is 10.1. The Bertz CT molecular complexity index is 1080. The van der Waals surface area contributed by atoms with Crippen LogP contribution in [-0.4, -0.2) is 26.7 Å². The maximum Gasteiger partial charge on any atom is 0.356 e. The van der Waals surface area contributed by atoms with Crippen LogP contribution in [0.1, 0.15) is 20.7 Å². The molecule has 0 aliphatic heterocycles. The Morgan fingerprint density at radius 1 is 0.903 bits per heavy atom. The molecule has 3 rings (SSSR count). The molecule has 0 bridgehead atoms. The van der Waals surface area contributed by atoms with Gasteiger partial charge < -0.3 is 0 Å². The molecule has 4 N–H and O–H groups in total. The second-order valence-corrected chi connectivity index (χ2v) is 6.65. The Labute approximate surface area is 182 Å². The van der Waals surface area contributed by atoms with E-state index in [0.29, 0.717) is 4.47 Å². The molecule has 2 aromatic carbocycles. The number of amides is 2. The number of carbonyl (C=O) groups is 2. The van der Waals surface area contributed by atoms with Gasteiger partial charge in [0.1, 0.15) is 12.1 Å². The molecule has 158 valence electrons. The largest absolute Gasteiger partial charge is 0.356 e. The van der Waals surface area contributed by atoms with Gasteiger partial charge in [-0.25, -0.2) is 14.4 Å². The van der Waals surface area contributed by atoms with Crippen molar-refractivity contribution in [2.75, 3.05) is 10.9 Å². The Balaban J connectivity index is 1.76. The highest BCUT2D eigenvalue weighted by molar-refractivity contribution is 9.10. The summed E-state index contributed by atoms with van der Waals surface area (Å²) in [4.78, 5) is 42.6. The predicted molar refractivity (Wildman–Crippen MR) is 111 cm³/mol. The first-order valence-electron chi connectivity index (χ1n) is 8.49. The van der Waals surface area contributed by atoms with Crippen molar-refractivity contribution in [1.29, 1.82) is 0 Å². The highest BCUT2D eigenvalue weighted by Crippen LogP contribution is 2.28. The number of aromatic nitrogens is 2. The number of carbonyl (C=O) groups excluding carboxylic acids is 2. The van der Waals surface area contributed by atoms with E-state index < -0.39 is 28.2 Å². The van der Waals surface area contributed by atoms with E-state index in [0.717, 1.165) is 12.4 Å². The number of nitrogens with one attached hydrogen (secondary N) is 4. The number of halogens is 2. The first-order chi connectivity index (χ1) is 14.9. The summed E-state index contributed by atoms with van der Waals surface area (Å²) >= 11 is 3.23. The molecular weight excluding hydrogens is 477 g/mol. The average Bonchev–Trinajstić information content (AvgIpc) is 2.76. The molecule has 0 saturated carbocycles. The van der Waals surface area contributed by atoms with Crippen LogP contribution in [0.2, 0.25) is 0 Å². The van der Waals surface area contributed by atoms with E-state index in [4.69, 9.17) is 0 Å². The van der Waals surface area contributed by atoms with Gasteiger partial charge in [-0.05, 0) is 40.2 Å². The highest BCUT2D eigenvalue weighted by Gasteiger charge is 2.24. The molecule has 0 saturated heterocycles. The first kappa shape index (κ1) is 21.6. The van der Waals surface area contributed by atoms with Crippen molar-refractivity contribution >= 4 is 45.1 Å². The van der Waals surface area contributed by atoms with E-state index in [1.165, 1.54) is 18.2 Å². The molecule has 0 aliphatic rings. The lowest BCUT2D eigenvalue weighted by Crippen LogP contribution is -2.32. The molecule has 0 spiro atoms. The van der Waals surface area contributed by atoms with Crippen molar-refractivity contribution in [2.24, 2.45) is 0 Å². The standard InChI is InChI=1S/C18H13BrFN7O4/c19-12-7-3-1-5-10(12)17(28)25-23-15-14(27(30)31)16(22-9-21-15)24-26-18(29)11-6-2-4-8-13(11)20/h1-9H,(H,25,28)(H,26,29)(H2,21,22,23,24). The van der Waals surface area contributed by atoms with E-state index in [-0.39, 0.29) is 22.8 Å². The summed E-state index contributed by atoms with van der Waals surface area (Å²) in [6, 6.07) is 11.8. The zero-order valence-corrected chi connectivity index (χ0v) is 17.0. The van der Waals surface area contributed by atoms with Crippen molar-refractivity contribution in [3.63, 3.8) is 0 Å². The van der Waals surface area contributed by atoms with Crippen LogP contribution in [-0.2, 0) is 0 Å². The molecule has 0 atom stereocenters. The van der Waals surface area contributed by atoms with E-state index >= 15 is 0 Å². The molecule has 0 fully saturated rings. The minimum atomic E-state index is -0.872. The predicted octanol–water partition coefficient (Wildman–Crippen LogP) is 2.80.